The van der Waals surface area contributed by atoms with Gasteiger partial charge in [0, 0.05) is 25.2 Å². The van der Waals surface area contributed by atoms with Crippen LogP contribution < -0.4 is 15.4 Å². The van der Waals surface area contributed by atoms with E-state index in [1.54, 1.807) is 30.2 Å². The number of allylic oxidation sites excluding steroid dienone is 1. The Morgan fingerprint density at radius 2 is 2.03 bits per heavy atom. The quantitative estimate of drug-likeness (QED) is 0.655. The van der Waals surface area contributed by atoms with Crippen molar-refractivity contribution >= 4 is 17.5 Å². The molecule has 0 radical (unpaired) electrons. The first-order valence-corrected chi connectivity index (χ1v) is 10.4. The lowest BCUT2D eigenvalue weighted by molar-refractivity contribution is -0.119. The predicted molar refractivity (Wildman–Crippen MR) is 112 cm³/mol. The number of morpholine rings is 1. The van der Waals surface area contributed by atoms with Crippen molar-refractivity contribution in [3.63, 3.8) is 0 Å². The average Bonchev–Trinajstić information content (AvgIpc) is 2.78. The highest BCUT2D eigenvalue weighted by molar-refractivity contribution is 5.96. The van der Waals surface area contributed by atoms with E-state index in [1.807, 2.05) is 0 Å². The van der Waals surface area contributed by atoms with Crippen molar-refractivity contribution in [3.8, 4) is 5.75 Å². The minimum atomic E-state index is -0.0756. The Hall–Kier alpha value is -2.54. The number of rotatable bonds is 8. The number of hydrogen-bond acceptors (Lipinski definition) is 5. The van der Waals surface area contributed by atoms with Crippen molar-refractivity contribution < 1.29 is 19.1 Å². The molecule has 1 aliphatic carbocycles. The van der Waals surface area contributed by atoms with Crippen LogP contribution in [0.3, 0.4) is 0 Å². The fourth-order valence-electron chi connectivity index (χ4n) is 3.66. The van der Waals surface area contributed by atoms with E-state index in [0.717, 1.165) is 19.3 Å². The molecule has 1 fully saturated rings. The van der Waals surface area contributed by atoms with E-state index in [4.69, 9.17) is 9.47 Å². The summed E-state index contributed by atoms with van der Waals surface area (Å²) in [6.45, 7) is 3.08. The fourth-order valence-corrected chi connectivity index (χ4v) is 3.66. The molecule has 2 aliphatic rings. The van der Waals surface area contributed by atoms with Crippen LogP contribution in [0.4, 0.5) is 5.69 Å². The van der Waals surface area contributed by atoms with Gasteiger partial charge in [0.25, 0.3) is 5.91 Å². The van der Waals surface area contributed by atoms with Crippen LogP contribution in [-0.4, -0.2) is 63.2 Å². The standard InChI is InChI=1S/C22H31N3O4/c1-28-20-8-7-18(22(27)25-11-13-29-14-12-25)15-19(20)24-16-21(26)23-10-9-17-5-3-2-4-6-17/h5,7-8,15,24H,2-4,6,9-14,16H2,1H3,(H,23,26). The normalized spacial score (nSPS) is 16.7. The van der Waals surface area contributed by atoms with Crippen LogP contribution in [0.5, 0.6) is 5.75 Å². The molecular formula is C22H31N3O4. The molecule has 0 saturated carbocycles. The largest absolute Gasteiger partial charge is 0.495 e. The summed E-state index contributed by atoms with van der Waals surface area (Å²) in [5.74, 6) is 0.487. The van der Waals surface area contributed by atoms with Crippen molar-refractivity contribution in [3.05, 3.63) is 35.4 Å². The number of hydrogen-bond donors (Lipinski definition) is 2. The fraction of sp³-hybridized carbons (Fsp3) is 0.545. The van der Waals surface area contributed by atoms with Crippen molar-refractivity contribution in [2.24, 2.45) is 0 Å². The van der Waals surface area contributed by atoms with Gasteiger partial charge in [-0.1, -0.05) is 11.6 Å². The first-order valence-electron chi connectivity index (χ1n) is 10.4. The molecule has 0 bridgehead atoms. The maximum absolute atomic E-state index is 12.7. The van der Waals surface area contributed by atoms with E-state index in [1.165, 1.54) is 18.4 Å². The second-order valence-corrected chi connectivity index (χ2v) is 7.38. The lowest BCUT2D eigenvalue weighted by atomic mass is 9.97. The number of nitrogens with zero attached hydrogens (tertiary/aromatic N) is 1. The molecule has 29 heavy (non-hydrogen) atoms. The van der Waals surface area contributed by atoms with Crippen LogP contribution in [0.25, 0.3) is 0 Å². The summed E-state index contributed by atoms with van der Waals surface area (Å²) in [4.78, 5) is 26.7. The number of nitrogens with one attached hydrogen (secondary N) is 2. The first-order chi connectivity index (χ1) is 14.2. The third-order valence-corrected chi connectivity index (χ3v) is 5.34. The van der Waals surface area contributed by atoms with Gasteiger partial charge in [0.2, 0.25) is 5.91 Å². The number of benzene rings is 1. The number of carbonyl (C=O) groups excluding carboxylic acids is 2. The van der Waals surface area contributed by atoms with Crippen molar-refractivity contribution in [1.82, 2.24) is 10.2 Å². The molecule has 0 atom stereocenters. The maximum Gasteiger partial charge on any atom is 0.254 e. The minimum Gasteiger partial charge on any atom is -0.495 e. The number of amides is 2. The number of ether oxygens (including phenoxy) is 2. The van der Waals surface area contributed by atoms with E-state index in [0.29, 0.717) is 49.8 Å². The monoisotopic (exact) mass is 401 g/mol. The summed E-state index contributed by atoms with van der Waals surface area (Å²) < 4.78 is 10.7. The molecule has 7 heteroatoms. The summed E-state index contributed by atoms with van der Waals surface area (Å²) in [5.41, 5.74) is 2.65. The van der Waals surface area contributed by atoms with E-state index in [-0.39, 0.29) is 18.4 Å². The second kappa shape index (κ2) is 10.9. The SMILES string of the molecule is COc1ccc(C(=O)N2CCOCC2)cc1NCC(=O)NCCC1=CCCCC1. The van der Waals surface area contributed by atoms with E-state index in [2.05, 4.69) is 16.7 Å². The lowest BCUT2D eigenvalue weighted by Crippen LogP contribution is -2.40. The zero-order valence-electron chi connectivity index (χ0n) is 17.2. The summed E-state index contributed by atoms with van der Waals surface area (Å²) in [7, 11) is 1.57. The molecule has 1 aliphatic heterocycles. The number of methoxy groups -OCH3 is 1. The number of anilines is 1. The van der Waals surface area contributed by atoms with E-state index < -0.39 is 0 Å². The Morgan fingerprint density at radius 1 is 1.21 bits per heavy atom. The Morgan fingerprint density at radius 3 is 2.76 bits per heavy atom. The van der Waals surface area contributed by atoms with Gasteiger partial charge in [0.1, 0.15) is 5.75 Å². The summed E-state index contributed by atoms with van der Waals surface area (Å²) >= 11 is 0. The molecule has 1 saturated heterocycles. The molecule has 158 valence electrons. The van der Waals surface area contributed by atoms with Crippen LogP contribution in [0.1, 0.15) is 42.5 Å². The Balaban J connectivity index is 1.52. The second-order valence-electron chi connectivity index (χ2n) is 7.38. The molecular weight excluding hydrogens is 370 g/mol. The summed E-state index contributed by atoms with van der Waals surface area (Å²) in [5, 5.41) is 6.06. The van der Waals surface area contributed by atoms with Gasteiger partial charge in [-0.05, 0) is 50.3 Å². The molecule has 1 heterocycles. The lowest BCUT2D eigenvalue weighted by Gasteiger charge is -2.27. The molecule has 0 aromatic heterocycles. The van der Waals surface area contributed by atoms with Gasteiger partial charge < -0.3 is 25.0 Å². The van der Waals surface area contributed by atoms with Crippen molar-refractivity contribution in [1.29, 1.82) is 0 Å². The first kappa shape index (κ1) is 21.2. The average molecular weight is 402 g/mol. The highest BCUT2D eigenvalue weighted by Crippen LogP contribution is 2.26. The van der Waals surface area contributed by atoms with Crippen molar-refractivity contribution in [2.75, 3.05) is 51.8 Å². The highest BCUT2D eigenvalue weighted by Gasteiger charge is 2.20. The van der Waals surface area contributed by atoms with E-state index in [9.17, 15) is 9.59 Å². The van der Waals surface area contributed by atoms with Crippen LogP contribution in [0.15, 0.2) is 29.8 Å². The molecule has 2 amide bonds. The third kappa shape index (κ3) is 6.22. The zero-order valence-corrected chi connectivity index (χ0v) is 17.2. The molecule has 1 aromatic rings. The third-order valence-electron chi connectivity index (χ3n) is 5.34. The zero-order chi connectivity index (χ0) is 20.5. The molecule has 0 spiro atoms. The molecule has 2 N–H and O–H groups in total. The topological polar surface area (TPSA) is 79.9 Å². The van der Waals surface area contributed by atoms with Crippen molar-refractivity contribution in [2.45, 2.75) is 32.1 Å². The van der Waals surface area contributed by atoms with Gasteiger partial charge in [0.05, 0.1) is 32.6 Å². The smallest absolute Gasteiger partial charge is 0.254 e. The molecule has 1 aromatic carbocycles. The van der Waals surface area contributed by atoms with E-state index >= 15 is 0 Å². The van der Waals surface area contributed by atoms with Gasteiger partial charge >= 0.3 is 0 Å². The van der Waals surface area contributed by atoms with Crippen LogP contribution >= 0.6 is 0 Å². The summed E-state index contributed by atoms with van der Waals surface area (Å²) in [6, 6.07) is 5.25. The number of carbonyl (C=O) groups is 2. The van der Waals surface area contributed by atoms with Gasteiger partial charge in [-0.15, -0.1) is 0 Å². The Bertz CT molecular complexity index is 742. The highest BCUT2D eigenvalue weighted by atomic mass is 16.5. The maximum atomic E-state index is 12.7. The van der Waals surface area contributed by atoms with Gasteiger partial charge in [-0.2, -0.15) is 0 Å². The van der Waals surface area contributed by atoms with Crippen LogP contribution in [-0.2, 0) is 9.53 Å². The van der Waals surface area contributed by atoms with Crippen LogP contribution in [0.2, 0.25) is 0 Å². The summed E-state index contributed by atoms with van der Waals surface area (Å²) in [6.07, 6.45) is 8.04. The predicted octanol–water partition coefficient (Wildman–Crippen LogP) is 2.59. The van der Waals surface area contributed by atoms with Gasteiger partial charge in [-0.3, -0.25) is 9.59 Å². The Kier molecular flexibility index (Phi) is 7.93. The van der Waals surface area contributed by atoms with Gasteiger partial charge in [-0.25, -0.2) is 0 Å². The Labute approximate surface area is 172 Å². The van der Waals surface area contributed by atoms with Crippen LogP contribution in [0, 0.1) is 0 Å². The molecule has 7 nitrogen and oxygen atoms in total. The molecule has 0 unspecified atom stereocenters. The van der Waals surface area contributed by atoms with Gasteiger partial charge in [0.15, 0.2) is 0 Å². The molecule has 3 rings (SSSR count). The minimum absolute atomic E-state index is 0.0378.